The van der Waals surface area contributed by atoms with E-state index in [1.807, 2.05) is 24.3 Å². The molecule has 4 bridgehead atoms. The quantitative estimate of drug-likeness (QED) is 0.680. The van der Waals surface area contributed by atoms with Crippen molar-refractivity contribution >= 4 is 17.5 Å². The predicted octanol–water partition coefficient (Wildman–Crippen LogP) is 5.29. The van der Waals surface area contributed by atoms with Crippen molar-refractivity contribution in [3.05, 3.63) is 35.2 Å². The largest absolute Gasteiger partial charge is 0.353 e. The Bertz CT molecular complexity index is 893. The maximum absolute atomic E-state index is 12.9. The number of aromatic nitrogens is 2. The molecule has 30 heavy (non-hydrogen) atoms. The van der Waals surface area contributed by atoms with Gasteiger partial charge in [0.1, 0.15) is 0 Å². The third kappa shape index (κ3) is 4.14. The highest BCUT2D eigenvalue weighted by Gasteiger charge is 2.48. The van der Waals surface area contributed by atoms with Gasteiger partial charge in [0.15, 0.2) is 0 Å². The summed E-state index contributed by atoms with van der Waals surface area (Å²) in [6.07, 6.45) is 7.74. The number of amides is 1. The Morgan fingerprint density at radius 1 is 1.10 bits per heavy atom. The molecule has 4 fully saturated rings. The first-order valence-corrected chi connectivity index (χ1v) is 11.6. The topological polar surface area (TPSA) is 68.0 Å². The van der Waals surface area contributed by atoms with E-state index in [0.29, 0.717) is 47.5 Å². The molecule has 0 radical (unpaired) electrons. The van der Waals surface area contributed by atoms with E-state index >= 15 is 0 Å². The second-order valence-corrected chi connectivity index (χ2v) is 11.0. The molecule has 6 heteroatoms. The van der Waals surface area contributed by atoms with Gasteiger partial charge in [-0.15, -0.1) is 0 Å². The molecule has 0 aliphatic heterocycles. The number of halogens is 1. The summed E-state index contributed by atoms with van der Waals surface area (Å²) < 4.78 is 5.47. The zero-order chi connectivity index (χ0) is 20.9. The minimum absolute atomic E-state index is 0.162. The second-order valence-electron chi connectivity index (χ2n) is 10.6. The van der Waals surface area contributed by atoms with Gasteiger partial charge in [0.25, 0.3) is 0 Å². The molecule has 1 N–H and O–H groups in total. The van der Waals surface area contributed by atoms with Gasteiger partial charge < -0.3 is 9.84 Å². The van der Waals surface area contributed by atoms with Crippen molar-refractivity contribution in [2.24, 2.45) is 29.1 Å². The zero-order valence-electron chi connectivity index (χ0n) is 17.7. The molecular formula is C24H30ClN3O2. The Balaban J connectivity index is 1.19. The van der Waals surface area contributed by atoms with Gasteiger partial charge in [0.05, 0.1) is 0 Å². The van der Waals surface area contributed by atoms with Gasteiger partial charge in [0.2, 0.25) is 17.6 Å². The third-order valence-corrected chi connectivity index (χ3v) is 7.65. The maximum atomic E-state index is 12.9. The lowest BCUT2D eigenvalue weighted by Gasteiger charge is -2.54. The summed E-state index contributed by atoms with van der Waals surface area (Å²) in [5, 5.41) is 8.19. The van der Waals surface area contributed by atoms with Gasteiger partial charge in [-0.1, -0.05) is 30.6 Å². The van der Waals surface area contributed by atoms with Crippen LogP contribution in [0.15, 0.2) is 28.8 Å². The molecule has 0 saturated heterocycles. The summed E-state index contributed by atoms with van der Waals surface area (Å²) in [7, 11) is 0. The number of nitrogens with one attached hydrogen (secondary N) is 1. The highest BCUT2D eigenvalue weighted by atomic mass is 35.5. The summed E-state index contributed by atoms with van der Waals surface area (Å²) in [5.41, 5.74) is 0.617. The molecule has 6 rings (SSSR count). The zero-order valence-corrected chi connectivity index (χ0v) is 18.5. The van der Waals surface area contributed by atoms with Crippen LogP contribution in [0.25, 0.3) is 11.4 Å². The predicted molar refractivity (Wildman–Crippen MR) is 116 cm³/mol. The molecule has 160 valence electrons. The lowest BCUT2D eigenvalue weighted by atomic mass is 9.54. The van der Waals surface area contributed by atoms with Gasteiger partial charge in [0, 0.05) is 29.5 Å². The van der Waals surface area contributed by atoms with Crippen LogP contribution in [0.3, 0.4) is 0 Å². The van der Waals surface area contributed by atoms with Crippen LogP contribution < -0.4 is 5.32 Å². The number of rotatable bonds is 6. The molecule has 1 aromatic heterocycles. The van der Waals surface area contributed by atoms with Crippen LogP contribution in [-0.2, 0) is 11.2 Å². The first-order valence-electron chi connectivity index (χ1n) is 11.2. The summed E-state index contributed by atoms with van der Waals surface area (Å²) in [5.74, 6) is 4.52. The fourth-order valence-electron chi connectivity index (χ4n) is 6.35. The van der Waals surface area contributed by atoms with Crippen molar-refractivity contribution in [1.29, 1.82) is 0 Å². The normalized spacial score (nSPS) is 29.9. The van der Waals surface area contributed by atoms with Gasteiger partial charge in [-0.2, -0.15) is 4.98 Å². The van der Waals surface area contributed by atoms with Gasteiger partial charge in [-0.25, -0.2) is 0 Å². The van der Waals surface area contributed by atoms with E-state index in [9.17, 15) is 4.79 Å². The Morgan fingerprint density at radius 2 is 1.73 bits per heavy atom. The number of nitrogens with zero attached hydrogens (tertiary/aromatic N) is 2. The van der Waals surface area contributed by atoms with E-state index in [1.54, 1.807) is 0 Å². The van der Waals surface area contributed by atoms with Crippen molar-refractivity contribution in [3.63, 3.8) is 0 Å². The third-order valence-electron chi connectivity index (χ3n) is 7.39. The molecule has 1 aromatic carbocycles. The molecule has 4 saturated carbocycles. The minimum atomic E-state index is -0.250. The van der Waals surface area contributed by atoms with Crippen LogP contribution in [-0.4, -0.2) is 22.1 Å². The Hall–Kier alpha value is -1.88. The Labute approximate surface area is 183 Å². The molecule has 1 heterocycles. The van der Waals surface area contributed by atoms with Crippen LogP contribution in [0, 0.1) is 29.1 Å². The van der Waals surface area contributed by atoms with E-state index in [0.717, 1.165) is 17.4 Å². The van der Waals surface area contributed by atoms with Gasteiger partial charge in [-0.05, 0) is 85.5 Å². The smallest absolute Gasteiger partial charge is 0.227 e. The second kappa shape index (κ2) is 7.67. The number of carbonyl (C=O) groups is 1. The van der Waals surface area contributed by atoms with Crippen LogP contribution >= 0.6 is 11.6 Å². The van der Waals surface area contributed by atoms with E-state index in [1.165, 1.54) is 32.1 Å². The summed E-state index contributed by atoms with van der Waals surface area (Å²) >= 11 is 5.95. The fourth-order valence-corrected chi connectivity index (χ4v) is 6.47. The van der Waals surface area contributed by atoms with Crippen molar-refractivity contribution in [1.82, 2.24) is 15.5 Å². The first kappa shape index (κ1) is 20.0. The van der Waals surface area contributed by atoms with Crippen molar-refractivity contribution < 1.29 is 9.32 Å². The van der Waals surface area contributed by atoms with Crippen LogP contribution in [0.2, 0.25) is 5.02 Å². The standard InChI is InChI=1S/C24H30ClN3O2/c1-24(2,13-21-27-23(28-30-21)16-3-5-19(25)6-4-16)12-20(29)26-22-17-8-14-7-15(10-17)11-18(22)9-14/h3-6,14-15,17-18,22H,7-13H2,1-2H3,(H,26,29). The highest BCUT2D eigenvalue weighted by Crippen LogP contribution is 2.53. The van der Waals surface area contributed by atoms with Crippen molar-refractivity contribution in [3.8, 4) is 11.4 Å². The van der Waals surface area contributed by atoms with Crippen molar-refractivity contribution in [2.75, 3.05) is 0 Å². The summed E-state index contributed by atoms with van der Waals surface area (Å²) in [6.45, 7) is 4.19. The minimum Gasteiger partial charge on any atom is -0.353 e. The highest BCUT2D eigenvalue weighted by molar-refractivity contribution is 6.30. The molecule has 0 spiro atoms. The Kier molecular flexibility index (Phi) is 5.12. The maximum Gasteiger partial charge on any atom is 0.227 e. The monoisotopic (exact) mass is 427 g/mol. The molecule has 4 aliphatic carbocycles. The number of benzene rings is 1. The lowest BCUT2D eigenvalue weighted by Crippen LogP contribution is -2.56. The van der Waals surface area contributed by atoms with Crippen LogP contribution in [0.4, 0.5) is 0 Å². The molecule has 4 aliphatic rings. The molecule has 0 atom stereocenters. The molecular weight excluding hydrogens is 398 g/mol. The number of carbonyl (C=O) groups excluding carboxylic acids is 1. The van der Waals surface area contributed by atoms with Crippen LogP contribution in [0.5, 0.6) is 0 Å². The molecule has 0 unspecified atom stereocenters. The number of hydrogen-bond donors (Lipinski definition) is 1. The fraction of sp³-hybridized carbons (Fsp3) is 0.625. The Morgan fingerprint density at radius 3 is 2.37 bits per heavy atom. The number of hydrogen-bond acceptors (Lipinski definition) is 4. The van der Waals surface area contributed by atoms with E-state index < -0.39 is 0 Å². The summed E-state index contributed by atoms with van der Waals surface area (Å²) in [4.78, 5) is 17.4. The van der Waals surface area contributed by atoms with Crippen molar-refractivity contribution in [2.45, 2.75) is 64.8 Å². The average Bonchev–Trinajstić information content (AvgIpc) is 3.12. The SMILES string of the molecule is CC(C)(CC(=O)NC1C2CC3CC(C2)CC1C3)Cc1nc(-c2ccc(Cl)cc2)no1. The molecule has 1 amide bonds. The van der Waals surface area contributed by atoms with E-state index in [4.69, 9.17) is 16.1 Å². The lowest BCUT2D eigenvalue weighted by molar-refractivity contribution is -0.127. The van der Waals surface area contributed by atoms with E-state index in [-0.39, 0.29) is 11.3 Å². The van der Waals surface area contributed by atoms with Gasteiger partial charge in [-0.3, -0.25) is 4.79 Å². The molecule has 5 nitrogen and oxygen atoms in total. The molecule has 2 aromatic rings. The van der Waals surface area contributed by atoms with Gasteiger partial charge >= 0.3 is 0 Å². The first-order chi connectivity index (χ1) is 14.3. The van der Waals surface area contributed by atoms with Crippen LogP contribution in [0.1, 0.15) is 58.3 Å². The summed E-state index contributed by atoms with van der Waals surface area (Å²) in [6, 6.07) is 7.76. The van der Waals surface area contributed by atoms with E-state index in [2.05, 4.69) is 29.3 Å². The average molecular weight is 428 g/mol.